The van der Waals surface area contributed by atoms with E-state index in [1.807, 2.05) is 0 Å². The minimum atomic E-state index is -1.05. The van der Waals surface area contributed by atoms with Crippen molar-refractivity contribution in [1.29, 1.82) is 0 Å². The maximum Gasteiger partial charge on any atom is 0.230 e. The summed E-state index contributed by atoms with van der Waals surface area (Å²) in [5, 5.41) is 6.20. The molecule has 0 aliphatic heterocycles. The monoisotopic (exact) mass is 332 g/mol. The molecule has 1 N–H and O–H groups in total. The number of aromatic nitrogens is 1. The minimum Gasteiger partial charge on any atom is -0.356 e. The van der Waals surface area contributed by atoms with Gasteiger partial charge in [0, 0.05) is 23.4 Å². The number of amides is 1. The van der Waals surface area contributed by atoms with Gasteiger partial charge in [0.25, 0.3) is 0 Å². The first-order valence-corrected chi connectivity index (χ1v) is 6.98. The van der Waals surface area contributed by atoms with E-state index in [9.17, 15) is 18.0 Å². The molecule has 0 saturated carbocycles. The average molecular weight is 332 g/mol. The van der Waals surface area contributed by atoms with Gasteiger partial charge >= 0.3 is 0 Å². The van der Waals surface area contributed by atoms with Crippen LogP contribution in [0.15, 0.2) is 53.1 Å². The lowest BCUT2D eigenvalue weighted by molar-refractivity contribution is -0.115. The summed E-state index contributed by atoms with van der Waals surface area (Å²) >= 11 is 0. The largest absolute Gasteiger partial charge is 0.356 e. The first kappa shape index (κ1) is 15.8. The smallest absolute Gasteiger partial charge is 0.230 e. The van der Waals surface area contributed by atoms with Gasteiger partial charge < -0.3 is 9.84 Å². The van der Waals surface area contributed by atoms with Crippen molar-refractivity contribution in [3.8, 4) is 11.3 Å². The first-order chi connectivity index (χ1) is 11.5. The Morgan fingerprint density at radius 2 is 1.75 bits per heavy atom. The van der Waals surface area contributed by atoms with Gasteiger partial charge in [-0.25, -0.2) is 13.2 Å². The van der Waals surface area contributed by atoms with Crippen LogP contribution < -0.4 is 5.32 Å². The lowest BCUT2D eigenvalue weighted by Gasteiger charge is -2.04. The van der Waals surface area contributed by atoms with Gasteiger partial charge in [0.2, 0.25) is 5.91 Å². The van der Waals surface area contributed by atoms with E-state index in [0.717, 1.165) is 12.1 Å². The van der Waals surface area contributed by atoms with Crippen molar-refractivity contribution in [2.24, 2.45) is 0 Å². The predicted molar refractivity (Wildman–Crippen MR) is 80.6 cm³/mol. The second kappa shape index (κ2) is 6.57. The molecule has 0 aliphatic rings. The van der Waals surface area contributed by atoms with Gasteiger partial charge in [0.05, 0.1) is 12.1 Å². The lowest BCUT2D eigenvalue weighted by Crippen LogP contribution is -2.14. The van der Waals surface area contributed by atoms with E-state index in [-0.39, 0.29) is 17.9 Å². The molecule has 7 heteroatoms. The maximum atomic E-state index is 13.1. The van der Waals surface area contributed by atoms with E-state index < -0.39 is 17.5 Å². The second-order valence-electron chi connectivity index (χ2n) is 5.04. The van der Waals surface area contributed by atoms with Crippen LogP contribution in [0, 0.1) is 17.5 Å². The lowest BCUT2D eigenvalue weighted by atomic mass is 10.1. The van der Waals surface area contributed by atoms with Gasteiger partial charge in [-0.05, 0) is 36.4 Å². The van der Waals surface area contributed by atoms with Crippen LogP contribution in [0.2, 0.25) is 0 Å². The molecule has 0 radical (unpaired) electrons. The number of nitrogens with zero attached hydrogens (tertiary/aromatic N) is 1. The molecule has 4 nitrogen and oxygen atoms in total. The first-order valence-electron chi connectivity index (χ1n) is 6.98. The summed E-state index contributed by atoms with van der Waals surface area (Å²) in [6.45, 7) is 0. The third-order valence-corrected chi connectivity index (χ3v) is 3.23. The molecule has 0 bridgehead atoms. The molecule has 1 amide bonds. The number of carbonyl (C=O) groups is 1. The highest BCUT2D eigenvalue weighted by atomic mass is 19.2. The van der Waals surface area contributed by atoms with Crippen LogP contribution >= 0.6 is 0 Å². The number of rotatable bonds is 4. The molecular weight excluding hydrogens is 321 g/mol. The fourth-order valence-electron chi connectivity index (χ4n) is 2.09. The van der Waals surface area contributed by atoms with Gasteiger partial charge in [-0.3, -0.25) is 4.79 Å². The highest BCUT2D eigenvalue weighted by molar-refractivity contribution is 5.92. The van der Waals surface area contributed by atoms with Gasteiger partial charge in [-0.15, -0.1) is 0 Å². The number of nitrogens with one attached hydrogen (secondary N) is 1. The molecule has 0 spiro atoms. The summed E-state index contributed by atoms with van der Waals surface area (Å²) in [4.78, 5) is 11.9. The number of hydrogen-bond donors (Lipinski definition) is 1. The average Bonchev–Trinajstić information content (AvgIpc) is 3.00. The number of benzene rings is 2. The quantitative estimate of drug-likeness (QED) is 0.787. The minimum absolute atomic E-state index is 0.107. The molecule has 3 aromatic rings. The van der Waals surface area contributed by atoms with Crippen LogP contribution in [0.1, 0.15) is 5.69 Å². The molecule has 1 aromatic heterocycles. The predicted octanol–water partition coefficient (Wildman–Crippen LogP) is 3.94. The van der Waals surface area contributed by atoms with E-state index in [0.29, 0.717) is 17.0 Å². The Labute approximate surface area is 134 Å². The standard InChI is InChI=1S/C17H11F3N2O2/c18-11-3-1-10(2-4-11)16-8-13(22-24-16)9-17(23)21-12-5-6-14(19)15(20)7-12/h1-8H,9H2,(H,21,23). The summed E-state index contributed by atoms with van der Waals surface area (Å²) in [6.07, 6.45) is -0.107. The molecule has 2 aromatic carbocycles. The zero-order valence-corrected chi connectivity index (χ0v) is 12.2. The molecule has 0 saturated heterocycles. The van der Waals surface area contributed by atoms with Crippen LogP contribution in [0.3, 0.4) is 0 Å². The van der Waals surface area contributed by atoms with Crippen molar-refractivity contribution in [3.63, 3.8) is 0 Å². The van der Waals surface area contributed by atoms with E-state index in [1.165, 1.54) is 30.3 Å². The molecule has 0 unspecified atom stereocenters. The zero-order chi connectivity index (χ0) is 17.1. The Hall–Kier alpha value is -3.09. The van der Waals surface area contributed by atoms with E-state index in [1.54, 1.807) is 6.07 Å². The van der Waals surface area contributed by atoms with Gasteiger partial charge in [-0.1, -0.05) is 5.16 Å². The second-order valence-corrected chi connectivity index (χ2v) is 5.04. The zero-order valence-electron chi connectivity index (χ0n) is 12.2. The third kappa shape index (κ3) is 3.62. The summed E-state index contributed by atoms with van der Waals surface area (Å²) < 4.78 is 43.9. The topological polar surface area (TPSA) is 55.1 Å². The van der Waals surface area contributed by atoms with Crippen molar-refractivity contribution in [2.45, 2.75) is 6.42 Å². The molecular formula is C17H11F3N2O2. The molecule has 24 heavy (non-hydrogen) atoms. The number of carbonyl (C=O) groups excluding carboxylic acids is 1. The Bertz CT molecular complexity index is 876. The Morgan fingerprint density at radius 3 is 2.46 bits per heavy atom. The van der Waals surface area contributed by atoms with Crippen LogP contribution in [0.5, 0.6) is 0 Å². The summed E-state index contributed by atoms with van der Waals surface area (Å²) in [6, 6.07) is 10.2. The molecule has 0 atom stereocenters. The van der Waals surface area contributed by atoms with Crippen molar-refractivity contribution < 1.29 is 22.5 Å². The molecule has 0 fully saturated rings. The van der Waals surface area contributed by atoms with Crippen molar-refractivity contribution >= 4 is 11.6 Å². The van der Waals surface area contributed by atoms with Crippen LogP contribution in [0.4, 0.5) is 18.9 Å². The van der Waals surface area contributed by atoms with E-state index in [4.69, 9.17) is 4.52 Å². The normalized spacial score (nSPS) is 10.6. The van der Waals surface area contributed by atoms with E-state index >= 15 is 0 Å². The fraction of sp³-hybridized carbons (Fsp3) is 0.0588. The van der Waals surface area contributed by atoms with Crippen LogP contribution in [0.25, 0.3) is 11.3 Å². The molecule has 0 aliphatic carbocycles. The third-order valence-electron chi connectivity index (χ3n) is 3.23. The Balaban J connectivity index is 1.66. The van der Waals surface area contributed by atoms with Crippen molar-refractivity contribution in [2.75, 3.05) is 5.32 Å². The maximum absolute atomic E-state index is 13.1. The van der Waals surface area contributed by atoms with Gasteiger partial charge in [0.15, 0.2) is 17.4 Å². The SMILES string of the molecule is O=C(Cc1cc(-c2ccc(F)cc2)on1)Nc1ccc(F)c(F)c1. The van der Waals surface area contributed by atoms with Gasteiger partial charge in [0.1, 0.15) is 5.82 Å². The highest BCUT2D eigenvalue weighted by Gasteiger charge is 2.12. The van der Waals surface area contributed by atoms with Crippen LogP contribution in [-0.4, -0.2) is 11.1 Å². The van der Waals surface area contributed by atoms with Crippen LogP contribution in [-0.2, 0) is 11.2 Å². The summed E-state index contributed by atoms with van der Waals surface area (Å²) in [5.74, 6) is -2.48. The number of halogens is 3. The van der Waals surface area contributed by atoms with Crippen molar-refractivity contribution in [1.82, 2.24) is 5.16 Å². The highest BCUT2D eigenvalue weighted by Crippen LogP contribution is 2.21. The van der Waals surface area contributed by atoms with Gasteiger partial charge in [-0.2, -0.15) is 0 Å². The Morgan fingerprint density at radius 1 is 1.00 bits per heavy atom. The number of anilines is 1. The molecule has 122 valence electrons. The summed E-state index contributed by atoms with van der Waals surface area (Å²) in [7, 11) is 0. The van der Waals surface area contributed by atoms with E-state index in [2.05, 4.69) is 10.5 Å². The fourth-order valence-corrected chi connectivity index (χ4v) is 2.09. The molecule has 3 rings (SSSR count). The number of hydrogen-bond acceptors (Lipinski definition) is 3. The molecule has 1 heterocycles. The summed E-state index contributed by atoms with van der Waals surface area (Å²) in [5.41, 5.74) is 1.12. The van der Waals surface area contributed by atoms with Crippen molar-refractivity contribution in [3.05, 3.63) is 71.7 Å². The Kier molecular flexibility index (Phi) is 4.33.